The molecule has 0 aromatic heterocycles. The molecular formula is C24H32N2O. The summed E-state index contributed by atoms with van der Waals surface area (Å²) in [6.07, 6.45) is 6.31. The van der Waals surface area contributed by atoms with Crippen LogP contribution in [-0.2, 0) is 11.2 Å². The van der Waals surface area contributed by atoms with Gasteiger partial charge in [0.1, 0.15) is 5.78 Å². The summed E-state index contributed by atoms with van der Waals surface area (Å²) in [5.41, 5.74) is 9.05. The first kappa shape index (κ1) is 19.6. The molecule has 1 fully saturated rings. The summed E-state index contributed by atoms with van der Waals surface area (Å²) < 4.78 is 0. The van der Waals surface area contributed by atoms with Crippen LogP contribution in [0.25, 0.3) is 0 Å². The Bertz CT molecular complexity index is 724. The van der Waals surface area contributed by atoms with Gasteiger partial charge in [-0.1, -0.05) is 61.7 Å². The van der Waals surface area contributed by atoms with Gasteiger partial charge in [0.25, 0.3) is 0 Å². The van der Waals surface area contributed by atoms with Gasteiger partial charge in [0.05, 0.1) is 0 Å². The van der Waals surface area contributed by atoms with Crippen LogP contribution in [0.5, 0.6) is 0 Å². The fraction of sp³-hybridized carbons (Fsp3) is 0.458. The van der Waals surface area contributed by atoms with Crippen LogP contribution >= 0.6 is 0 Å². The number of anilines is 1. The summed E-state index contributed by atoms with van der Waals surface area (Å²) >= 11 is 0. The number of nitrogen functional groups attached to an aromatic ring is 1. The van der Waals surface area contributed by atoms with E-state index in [0.29, 0.717) is 5.78 Å². The molecule has 144 valence electrons. The topological polar surface area (TPSA) is 46.3 Å². The monoisotopic (exact) mass is 364 g/mol. The van der Waals surface area contributed by atoms with Crippen LogP contribution in [-0.4, -0.2) is 24.8 Å². The van der Waals surface area contributed by atoms with Gasteiger partial charge < -0.3 is 10.6 Å². The molecule has 0 amide bonds. The van der Waals surface area contributed by atoms with E-state index >= 15 is 0 Å². The van der Waals surface area contributed by atoms with Crippen LogP contribution in [0.1, 0.15) is 49.3 Å². The Balaban J connectivity index is 1.85. The van der Waals surface area contributed by atoms with Crippen LogP contribution in [0.2, 0.25) is 0 Å². The predicted molar refractivity (Wildman–Crippen MR) is 113 cm³/mol. The zero-order chi connectivity index (χ0) is 19.2. The van der Waals surface area contributed by atoms with Crippen molar-refractivity contribution in [3.8, 4) is 0 Å². The van der Waals surface area contributed by atoms with E-state index in [9.17, 15) is 4.79 Å². The third kappa shape index (κ3) is 4.98. The second kappa shape index (κ2) is 9.18. The number of hydrogen-bond donors (Lipinski definition) is 1. The van der Waals surface area contributed by atoms with Crippen molar-refractivity contribution in [2.75, 3.05) is 19.8 Å². The second-order valence-electron chi connectivity index (χ2n) is 8.11. The zero-order valence-corrected chi connectivity index (χ0v) is 16.6. The van der Waals surface area contributed by atoms with Crippen LogP contribution in [0.4, 0.5) is 5.69 Å². The number of carbonyl (C=O) groups is 1. The summed E-state index contributed by atoms with van der Waals surface area (Å²) in [7, 11) is 4.19. The maximum Gasteiger partial charge on any atom is 0.141 e. The van der Waals surface area contributed by atoms with Gasteiger partial charge in [0.2, 0.25) is 0 Å². The highest BCUT2D eigenvalue weighted by molar-refractivity contribution is 5.84. The Morgan fingerprint density at radius 1 is 0.963 bits per heavy atom. The minimum Gasteiger partial charge on any atom is -0.399 e. The Hall–Kier alpha value is -2.13. The van der Waals surface area contributed by atoms with E-state index in [-0.39, 0.29) is 17.9 Å². The molecule has 1 saturated carbocycles. The molecule has 0 bridgehead atoms. The van der Waals surface area contributed by atoms with Crippen molar-refractivity contribution in [1.82, 2.24) is 4.90 Å². The van der Waals surface area contributed by atoms with Crippen molar-refractivity contribution in [3.05, 3.63) is 65.7 Å². The number of nitrogens with zero attached hydrogens (tertiary/aromatic N) is 1. The number of ketones is 1. The average molecular weight is 365 g/mol. The summed E-state index contributed by atoms with van der Waals surface area (Å²) in [6.45, 7) is 0. The predicted octanol–water partition coefficient (Wildman–Crippen LogP) is 4.88. The molecule has 0 heterocycles. The van der Waals surface area contributed by atoms with Crippen LogP contribution < -0.4 is 5.73 Å². The van der Waals surface area contributed by atoms with E-state index in [1.165, 1.54) is 17.5 Å². The fourth-order valence-corrected chi connectivity index (χ4v) is 4.51. The Morgan fingerprint density at radius 3 is 2.30 bits per heavy atom. The van der Waals surface area contributed by atoms with Gasteiger partial charge in [-0.05, 0) is 56.6 Å². The maximum absolute atomic E-state index is 13.6. The normalized spacial score (nSPS) is 22.3. The number of Topliss-reactive ketones (excluding diaryl/α,β-unsaturated/α-hetero) is 1. The lowest BCUT2D eigenvalue weighted by molar-refractivity contribution is -0.130. The summed E-state index contributed by atoms with van der Waals surface area (Å²) in [6, 6.07) is 18.7. The van der Waals surface area contributed by atoms with E-state index in [4.69, 9.17) is 5.73 Å². The first-order valence-corrected chi connectivity index (χ1v) is 10.2. The molecule has 1 aliphatic carbocycles. The molecule has 3 nitrogen and oxygen atoms in total. The number of rotatable bonds is 5. The van der Waals surface area contributed by atoms with Gasteiger partial charge in [-0.15, -0.1) is 0 Å². The Morgan fingerprint density at radius 2 is 1.63 bits per heavy atom. The van der Waals surface area contributed by atoms with Gasteiger partial charge in [0.15, 0.2) is 0 Å². The largest absolute Gasteiger partial charge is 0.399 e. The summed E-state index contributed by atoms with van der Waals surface area (Å²) in [5, 5.41) is 0. The van der Waals surface area contributed by atoms with E-state index in [0.717, 1.165) is 37.8 Å². The Kier molecular flexibility index (Phi) is 6.68. The summed E-state index contributed by atoms with van der Waals surface area (Å²) in [4.78, 5) is 15.9. The lowest BCUT2D eigenvalue weighted by Crippen LogP contribution is -2.37. The number of benzene rings is 2. The molecule has 27 heavy (non-hydrogen) atoms. The molecular weight excluding hydrogens is 332 g/mol. The highest BCUT2D eigenvalue weighted by Gasteiger charge is 2.35. The first-order valence-electron chi connectivity index (χ1n) is 10.2. The van der Waals surface area contributed by atoms with Gasteiger partial charge in [-0.25, -0.2) is 0 Å². The van der Waals surface area contributed by atoms with Crippen LogP contribution in [0, 0.1) is 11.8 Å². The van der Waals surface area contributed by atoms with E-state index in [1.54, 1.807) is 0 Å². The van der Waals surface area contributed by atoms with Crippen molar-refractivity contribution >= 4 is 11.5 Å². The molecule has 0 saturated heterocycles. The molecule has 0 aliphatic heterocycles. The van der Waals surface area contributed by atoms with Gasteiger partial charge >= 0.3 is 0 Å². The molecule has 3 unspecified atom stereocenters. The zero-order valence-electron chi connectivity index (χ0n) is 16.6. The molecule has 2 aromatic rings. The van der Waals surface area contributed by atoms with Crippen molar-refractivity contribution in [2.45, 2.75) is 44.6 Å². The van der Waals surface area contributed by atoms with Gasteiger partial charge in [-0.3, -0.25) is 4.79 Å². The number of carbonyl (C=O) groups excluding carboxylic acids is 1. The minimum absolute atomic E-state index is 0.0569. The molecule has 3 rings (SSSR count). The third-order valence-corrected chi connectivity index (χ3v) is 5.88. The Labute approximate surface area is 163 Å². The lowest BCUT2D eigenvalue weighted by Gasteiger charge is -2.35. The molecule has 1 aliphatic rings. The number of hydrogen-bond acceptors (Lipinski definition) is 3. The minimum atomic E-state index is 0.0569. The van der Waals surface area contributed by atoms with Crippen molar-refractivity contribution in [3.63, 3.8) is 0 Å². The van der Waals surface area contributed by atoms with Crippen LogP contribution in [0.15, 0.2) is 54.6 Å². The van der Waals surface area contributed by atoms with Crippen LogP contribution in [0.3, 0.4) is 0 Å². The number of nitrogens with two attached hydrogens (primary N) is 1. The van der Waals surface area contributed by atoms with Crippen molar-refractivity contribution in [2.24, 2.45) is 11.8 Å². The molecule has 0 spiro atoms. The average Bonchev–Trinajstić information content (AvgIpc) is 2.66. The van der Waals surface area contributed by atoms with Gasteiger partial charge in [0, 0.05) is 23.6 Å². The van der Waals surface area contributed by atoms with Crippen molar-refractivity contribution in [1.29, 1.82) is 0 Å². The lowest BCUT2D eigenvalue weighted by atomic mass is 9.75. The molecule has 2 N–H and O–H groups in total. The second-order valence-corrected chi connectivity index (χ2v) is 8.11. The highest BCUT2D eigenvalue weighted by atomic mass is 16.1. The molecule has 2 aromatic carbocycles. The third-order valence-electron chi connectivity index (χ3n) is 5.88. The molecule has 3 atom stereocenters. The quantitative estimate of drug-likeness (QED) is 0.769. The van der Waals surface area contributed by atoms with E-state index in [2.05, 4.69) is 55.4 Å². The van der Waals surface area contributed by atoms with E-state index in [1.807, 2.05) is 18.2 Å². The molecule has 0 radical (unpaired) electrons. The summed E-state index contributed by atoms with van der Waals surface area (Å²) in [5.74, 6) is 0.598. The smallest absolute Gasteiger partial charge is 0.141 e. The van der Waals surface area contributed by atoms with Crippen molar-refractivity contribution < 1.29 is 4.79 Å². The SMILES string of the molecule is CN(C)C(c1ccccc1)C1CCCCCC(Cc2ccc(N)cc2)C1=O. The van der Waals surface area contributed by atoms with E-state index < -0.39 is 0 Å². The first-order chi connectivity index (χ1) is 13.1. The fourth-order valence-electron chi connectivity index (χ4n) is 4.51. The van der Waals surface area contributed by atoms with Gasteiger partial charge in [-0.2, -0.15) is 0 Å². The standard InChI is InChI=1S/C24H32N2O/c1-26(2)23(19-9-5-3-6-10-19)22-12-8-4-7-11-20(24(22)27)17-18-13-15-21(25)16-14-18/h3,5-6,9-10,13-16,20,22-23H,4,7-8,11-12,17,25H2,1-2H3. The molecule has 3 heteroatoms. The maximum atomic E-state index is 13.6. The highest BCUT2D eigenvalue weighted by Crippen LogP contribution is 2.36.